The Labute approximate surface area is 258 Å². The number of aromatic nitrogens is 2. The van der Waals surface area contributed by atoms with Gasteiger partial charge in [-0.15, -0.1) is 0 Å². The Morgan fingerprint density at radius 1 is 0.738 bits per heavy atom. The van der Waals surface area contributed by atoms with E-state index < -0.39 is 21.5 Å². The summed E-state index contributed by atoms with van der Waals surface area (Å²) in [4.78, 5) is 9.03. The summed E-state index contributed by atoms with van der Waals surface area (Å²) in [5.74, 6) is 0.529. The fraction of sp³-hybridized carbons (Fsp3) is 0.353. The predicted molar refractivity (Wildman–Crippen MR) is 175 cm³/mol. The van der Waals surface area contributed by atoms with Gasteiger partial charge in [0, 0.05) is 0 Å². The SMILES string of the molecule is CC(C)CC1=Cc2c(-c3ncco3)cccc2[CH]1[Zr]([Cl])([Cl])([CH]1C(CC(C)C)=Cc2c(-c3ncco3)cccc21)[SiH](C)C. The van der Waals surface area contributed by atoms with Crippen molar-refractivity contribution < 1.29 is 24.4 Å². The molecule has 2 unspecified atom stereocenters. The summed E-state index contributed by atoms with van der Waals surface area (Å²) in [6.07, 6.45) is 13.3. The second-order valence-electron chi connectivity index (χ2n) is 13.2. The summed E-state index contributed by atoms with van der Waals surface area (Å²) in [6.45, 7) is 13.9. The first-order valence-corrected chi connectivity index (χ1v) is 31.4. The Bertz CT molecular complexity index is 1560. The van der Waals surface area contributed by atoms with Gasteiger partial charge in [0.1, 0.15) is 0 Å². The first-order valence-electron chi connectivity index (χ1n) is 15.0. The third-order valence-corrected chi connectivity index (χ3v) is 61.0. The molecule has 8 heteroatoms. The van der Waals surface area contributed by atoms with Crippen LogP contribution in [0.1, 0.15) is 70.0 Å². The van der Waals surface area contributed by atoms with Crippen LogP contribution in [-0.4, -0.2) is 15.9 Å². The number of halogens is 2. The number of oxazole rings is 2. The maximum absolute atomic E-state index is 8.59. The summed E-state index contributed by atoms with van der Waals surface area (Å²) >= 11 is -4.89. The molecule has 0 bridgehead atoms. The normalized spacial score (nSPS) is 19.2. The van der Waals surface area contributed by atoms with Crippen molar-refractivity contribution in [2.24, 2.45) is 11.8 Å². The molecule has 4 nitrogen and oxygen atoms in total. The summed E-state index contributed by atoms with van der Waals surface area (Å²) in [5, 5.41) is 0. The molecule has 2 aromatic carbocycles. The number of hydrogen-bond donors (Lipinski definition) is 0. The third kappa shape index (κ3) is 4.82. The quantitative estimate of drug-likeness (QED) is 0.163. The number of allylic oxidation sites excluding steroid dienone is 2. The average Bonchev–Trinajstić information content (AvgIpc) is 3.73. The first-order chi connectivity index (χ1) is 20.0. The van der Waals surface area contributed by atoms with E-state index in [1.54, 1.807) is 24.9 Å². The van der Waals surface area contributed by atoms with Gasteiger partial charge < -0.3 is 0 Å². The van der Waals surface area contributed by atoms with Crippen molar-refractivity contribution in [1.82, 2.24) is 9.97 Å². The van der Waals surface area contributed by atoms with Crippen molar-refractivity contribution in [3.8, 4) is 22.9 Å². The van der Waals surface area contributed by atoms with E-state index in [4.69, 9.17) is 25.9 Å². The van der Waals surface area contributed by atoms with Crippen LogP contribution >= 0.6 is 17.0 Å². The van der Waals surface area contributed by atoms with Crippen LogP contribution in [0.4, 0.5) is 0 Å². The van der Waals surface area contributed by atoms with Crippen LogP contribution in [0.5, 0.6) is 0 Å². The van der Waals surface area contributed by atoms with Gasteiger partial charge in [-0.1, -0.05) is 0 Å². The van der Waals surface area contributed by atoms with Gasteiger partial charge in [-0.3, -0.25) is 0 Å². The van der Waals surface area contributed by atoms with Gasteiger partial charge in [-0.2, -0.15) is 0 Å². The second kappa shape index (κ2) is 11.2. The zero-order chi connectivity index (χ0) is 29.8. The Morgan fingerprint density at radius 2 is 1.17 bits per heavy atom. The van der Waals surface area contributed by atoms with E-state index in [9.17, 15) is 0 Å². The summed E-state index contributed by atoms with van der Waals surface area (Å²) in [7, 11) is 17.2. The van der Waals surface area contributed by atoms with E-state index >= 15 is 0 Å². The monoisotopic (exact) mass is 695 g/mol. The molecule has 0 radical (unpaired) electrons. The molecule has 2 atom stereocenters. The second-order valence-corrected chi connectivity index (χ2v) is 55.7. The Balaban J connectivity index is 1.62. The van der Waals surface area contributed by atoms with E-state index in [1.807, 2.05) is 0 Å². The predicted octanol–water partition coefficient (Wildman–Crippen LogP) is 10.6. The van der Waals surface area contributed by atoms with Crippen molar-refractivity contribution in [2.45, 2.75) is 60.9 Å². The van der Waals surface area contributed by atoms with E-state index in [0.717, 1.165) is 35.1 Å². The molecule has 0 N–H and O–H groups in total. The van der Waals surface area contributed by atoms with E-state index in [0.29, 0.717) is 23.6 Å². The molecule has 0 aliphatic heterocycles. The van der Waals surface area contributed by atoms with Crippen LogP contribution < -0.4 is 0 Å². The Morgan fingerprint density at radius 3 is 1.50 bits per heavy atom. The molecule has 4 aromatic rings. The van der Waals surface area contributed by atoms with Crippen LogP contribution in [0.3, 0.4) is 0 Å². The number of fused-ring (bicyclic) bond motifs is 2. The Kier molecular flexibility index (Phi) is 8.00. The number of rotatable bonds is 9. The van der Waals surface area contributed by atoms with Gasteiger partial charge in [0.2, 0.25) is 0 Å². The van der Waals surface area contributed by atoms with Crippen LogP contribution in [0.25, 0.3) is 35.1 Å². The van der Waals surface area contributed by atoms with Gasteiger partial charge in [-0.05, 0) is 0 Å². The van der Waals surface area contributed by atoms with Crippen LogP contribution in [0.2, 0.25) is 13.1 Å². The van der Waals surface area contributed by atoms with Crippen molar-refractivity contribution in [2.75, 3.05) is 0 Å². The van der Waals surface area contributed by atoms with Crippen LogP contribution in [0, 0.1) is 11.8 Å². The molecule has 42 heavy (non-hydrogen) atoms. The molecule has 0 fully saturated rings. The summed E-state index contributed by atoms with van der Waals surface area (Å²) in [5.41, 5.74) is 9.59. The molecule has 0 saturated carbocycles. The average molecular weight is 698 g/mol. The molecular formula is C34H39Cl2N2O2SiZr. The standard InChI is InChI=1S/2C16H16NO.C2H7Si.2ClH.Zr/c2*1-11(2)8-12-9-13-4-3-5-14(15(13)10-12)16-17-6-7-18-16;1-3-2;;;/h2*3-7,9-11H,8H2,1-2H3;3H,1-2H3;2*1H;/q;;;;;+2/p-2. The van der Waals surface area contributed by atoms with E-state index in [1.165, 1.54) is 22.3 Å². The number of nitrogens with zero attached hydrogens (tertiary/aromatic N) is 2. The molecule has 2 heterocycles. The number of benzene rings is 2. The minimum absolute atomic E-state index is 0.0191. The molecule has 2 aromatic heterocycles. The molecule has 2 aliphatic rings. The zero-order valence-corrected chi connectivity index (χ0v) is 30.3. The molecule has 0 amide bonds. The van der Waals surface area contributed by atoms with E-state index in [2.05, 4.69) is 99.3 Å². The summed E-state index contributed by atoms with van der Waals surface area (Å²) < 4.78 is 11.6. The van der Waals surface area contributed by atoms with Gasteiger partial charge in [0.05, 0.1) is 0 Å². The zero-order valence-electron chi connectivity index (χ0n) is 25.2. The molecular weight excluding hydrogens is 659 g/mol. The number of hydrogen-bond acceptors (Lipinski definition) is 4. The molecule has 0 spiro atoms. The molecule has 2 aliphatic carbocycles. The van der Waals surface area contributed by atoms with Crippen molar-refractivity contribution in [3.63, 3.8) is 0 Å². The summed E-state index contributed by atoms with van der Waals surface area (Å²) in [6, 6.07) is 13.0. The van der Waals surface area contributed by atoms with Crippen LogP contribution in [-0.2, 0) is 15.6 Å². The molecule has 0 saturated heterocycles. The van der Waals surface area contributed by atoms with Crippen molar-refractivity contribution >= 4 is 35.1 Å². The minimum atomic E-state index is -4.89. The third-order valence-electron chi connectivity index (χ3n) is 9.12. The molecule has 219 valence electrons. The van der Waals surface area contributed by atoms with Gasteiger partial charge in [0.25, 0.3) is 0 Å². The van der Waals surface area contributed by atoms with E-state index in [-0.39, 0.29) is 7.25 Å². The van der Waals surface area contributed by atoms with Gasteiger partial charge in [-0.25, -0.2) is 0 Å². The van der Waals surface area contributed by atoms with Gasteiger partial charge >= 0.3 is 260 Å². The van der Waals surface area contributed by atoms with Crippen LogP contribution in [0.15, 0.2) is 81.3 Å². The Hall–Kier alpha value is -1.98. The van der Waals surface area contributed by atoms with Gasteiger partial charge in [0.15, 0.2) is 0 Å². The fourth-order valence-corrected chi connectivity index (χ4v) is 38.8. The van der Waals surface area contributed by atoms with Crippen molar-refractivity contribution in [1.29, 1.82) is 0 Å². The van der Waals surface area contributed by atoms with Crippen molar-refractivity contribution in [3.05, 3.63) is 94.7 Å². The first kappa shape index (κ1) is 30.1. The fourth-order valence-electron chi connectivity index (χ4n) is 7.45. The molecule has 6 rings (SSSR count). The maximum atomic E-state index is 8.59. The topological polar surface area (TPSA) is 52.1 Å².